The number of benzene rings is 1. The molecule has 0 spiro atoms. The fourth-order valence-electron chi connectivity index (χ4n) is 3.39. The SMILES string of the molecule is CNCCC1CCN(C(=O)c2c(-c3ccccc3Cl)noc2C)CC1.Cl. The molecule has 2 aromatic rings. The van der Waals surface area contributed by atoms with E-state index in [1.807, 2.05) is 30.1 Å². The molecule has 0 saturated carbocycles. The van der Waals surface area contributed by atoms with Crippen molar-refractivity contribution in [3.05, 3.63) is 40.6 Å². The highest BCUT2D eigenvalue weighted by Crippen LogP contribution is 2.32. The molecule has 3 rings (SSSR count). The number of likely N-dealkylation sites (tertiary alicyclic amines) is 1. The van der Waals surface area contributed by atoms with E-state index in [-0.39, 0.29) is 18.3 Å². The lowest BCUT2D eigenvalue weighted by atomic mass is 9.93. The van der Waals surface area contributed by atoms with Crippen LogP contribution in [0.2, 0.25) is 5.02 Å². The van der Waals surface area contributed by atoms with E-state index in [4.69, 9.17) is 16.1 Å². The molecular formula is C19H25Cl2N3O2. The van der Waals surface area contributed by atoms with Crippen LogP contribution in [0.3, 0.4) is 0 Å². The molecule has 0 aliphatic carbocycles. The predicted octanol–water partition coefficient (Wildman–Crippen LogP) is 4.19. The molecule has 2 heterocycles. The number of hydrogen-bond acceptors (Lipinski definition) is 4. The minimum absolute atomic E-state index is 0. The summed E-state index contributed by atoms with van der Waals surface area (Å²) in [6, 6.07) is 7.39. The van der Waals surface area contributed by atoms with Crippen LogP contribution in [0.5, 0.6) is 0 Å². The van der Waals surface area contributed by atoms with Gasteiger partial charge in [-0.3, -0.25) is 4.79 Å². The molecule has 0 atom stereocenters. The van der Waals surface area contributed by atoms with Gasteiger partial charge in [-0.2, -0.15) is 0 Å². The lowest BCUT2D eigenvalue weighted by molar-refractivity contribution is 0.0686. The standard InChI is InChI=1S/C19H24ClN3O2.ClH/c1-13-17(18(22-25-13)15-5-3-4-6-16(15)20)19(24)23-11-8-14(9-12-23)7-10-21-2;/h3-6,14,21H,7-12H2,1-2H3;1H. The smallest absolute Gasteiger partial charge is 0.259 e. The lowest BCUT2D eigenvalue weighted by Gasteiger charge is -2.32. The van der Waals surface area contributed by atoms with Crippen molar-refractivity contribution in [3.8, 4) is 11.3 Å². The van der Waals surface area contributed by atoms with E-state index in [0.717, 1.165) is 44.5 Å². The molecule has 7 heteroatoms. The Kier molecular flexibility index (Phi) is 7.50. The van der Waals surface area contributed by atoms with E-state index < -0.39 is 0 Å². The minimum atomic E-state index is -0.0132. The van der Waals surface area contributed by atoms with Gasteiger partial charge in [0.15, 0.2) is 0 Å². The van der Waals surface area contributed by atoms with Gasteiger partial charge in [0.05, 0.1) is 5.02 Å². The first kappa shape index (κ1) is 20.7. The Bertz CT molecular complexity index is 740. The maximum Gasteiger partial charge on any atom is 0.259 e. The van der Waals surface area contributed by atoms with Crippen LogP contribution in [0.15, 0.2) is 28.8 Å². The highest BCUT2D eigenvalue weighted by atomic mass is 35.5. The summed E-state index contributed by atoms with van der Waals surface area (Å²) < 4.78 is 5.33. The summed E-state index contributed by atoms with van der Waals surface area (Å²) in [7, 11) is 1.98. The first-order valence-corrected chi connectivity index (χ1v) is 9.14. The Hall–Kier alpha value is -1.56. The van der Waals surface area contributed by atoms with Crippen LogP contribution < -0.4 is 5.32 Å². The Labute approximate surface area is 165 Å². The maximum atomic E-state index is 13.1. The first-order valence-electron chi connectivity index (χ1n) is 8.77. The second-order valence-corrected chi connectivity index (χ2v) is 6.98. The van der Waals surface area contributed by atoms with Crippen molar-refractivity contribution in [3.63, 3.8) is 0 Å². The zero-order valence-electron chi connectivity index (χ0n) is 15.1. The number of amides is 1. The fraction of sp³-hybridized carbons (Fsp3) is 0.474. The number of piperidine rings is 1. The topological polar surface area (TPSA) is 58.4 Å². The number of carbonyl (C=O) groups excluding carboxylic acids is 1. The van der Waals surface area contributed by atoms with E-state index in [0.29, 0.717) is 28.0 Å². The second kappa shape index (κ2) is 9.40. The van der Waals surface area contributed by atoms with Crippen LogP contribution in [-0.2, 0) is 0 Å². The summed E-state index contributed by atoms with van der Waals surface area (Å²) in [6.07, 6.45) is 3.24. The molecule has 1 aliphatic rings. The van der Waals surface area contributed by atoms with Crippen LogP contribution in [0.25, 0.3) is 11.3 Å². The monoisotopic (exact) mass is 397 g/mol. The number of hydrogen-bond donors (Lipinski definition) is 1. The summed E-state index contributed by atoms with van der Waals surface area (Å²) in [5, 5.41) is 7.86. The number of carbonyl (C=O) groups is 1. The van der Waals surface area contributed by atoms with Crippen molar-refractivity contribution >= 4 is 29.9 Å². The van der Waals surface area contributed by atoms with Crippen molar-refractivity contribution in [2.45, 2.75) is 26.2 Å². The minimum Gasteiger partial charge on any atom is -0.360 e. The summed E-state index contributed by atoms with van der Waals surface area (Å²) in [6.45, 7) is 4.36. The van der Waals surface area contributed by atoms with Gasteiger partial charge in [-0.15, -0.1) is 12.4 Å². The van der Waals surface area contributed by atoms with E-state index in [9.17, 15) is 4.79 Å². The Morgan fingerprint density at radius 1 is 1.35 bits per heavy atom. The molecule has 1 fully saturated rings. The molecule has 5 nitrogen and oxygen atoms in total. The molecule has 1 N–H and O–H groups in total. The van der Waals surface area contributed by atoms with Crippen LogP contribution in [0, 0.1) is 12.8 Å². The van der Waals surface area contributed by atoms with Gasteiger partial charge in [0.25, 0.3) is 5.91 Å². The average Bonchev–Trinajstić information content (AvgIpc) is 3.01. The van der Waals surface area contributed by atoms with Gasteiger partial charge < -0.3 is 14.7 Å². The number of rotatable bonds is 5. The third-order valence-corrected chi connectivity index (χ3v) is 5.24. The Morgan fingerprint density at radius 3 is 2.69 bits per heavy atom. The highest BCUT2D eigenvalue weighted by molar-refractivity contribution is 6.33. The van der Waals surface area contributed by atoms with Crippen LogP contribution in [-0.4, -0.2) is 42.6 Å². The molecule has 0 bridgehead atoms. The second-order valence-electron chi connectivity index (χ2n) is 6.57. The third kappa shape index (κ3) is 4.40. The summed E-state index contributed by atoms with van der Waals surface area (Å²) in [5.41, 5.74) is 1.79. The van der Waals surface area contributed by atoms with Crippen molar-refractivity contribution in [2.24, 2.45) is 5.92 Å². The zero-order valence-corrected chi connectivity index (χ0v) is 16.7. The van der Waals surface area contributed by atoms with Crippen molar-refractivity contribution in [1.82, 2.24) is 15.4 Å². The number of nitrogens with one attached hydrogen (secondary N) is 1. The molecule has 0 unspecified atom stereocenters. The molecule has 0 radical (unpaired) electrons. The Morgan fingerprint density at radius 2 is 2.04 bits per heavy atom. The van der Waals surface area contributed by atoms with Crippen molar-refractivity contribution in [1.29, 1.82) is 0 Å². The van der Waals surface area contributed by atoms with E-state index in [1.54, 1.807) is 13.0 Å². The lowest BCUT2D eigenvalue weighted by Crippen LogP contribution is -2.39. The van der Waals surface area contributed by atoms with Gasteiger partial charge in [0.1, 0.15) is 17.0 Å². The maximum absolute atomic E-state index is 13.1. The molecule has 1 aromatic carbocycles. The molecule has 142 valence electrons. The van der Waals surface area contributed by atoms with Crippen molar-refractivity contribution < 1.29 is 9.32 Å². The van der Waals surface area contributed by atoms with Gasteiger partial charge in [0, 0.05) is 18.7 Å². The van der Waals surface area contributed by atoms with Gasteiger partial charge in [-0.25, -0.2) is 0 Å². The van der Waals surface area contributed by atoms with E-state index in [1.165, 1.54) is 0 Å². The highest BCUT2D eigenvalue weighted by Gasteiger charge is 2.29. The summed E-state index contributed by atoms with van der Waals surface area (Å²) in [5.74, 6) is 1.21. The van der Waals surface area contributed by atoms with E-state index >= 15 is 0 Å². The Balaban J connectivity index is 0.00000243. The van der Waals surface area contributed by atoms with Crippen LogP contribution >= 0.6 is 24.0 Å². The summed E-state index contributed by atoms with van der Waals surface area (Å²) >= 11 is 6.29. The number of nitrogens with zero attached hydrogens (tertiary/aromatic N) is 2. The van der Waals surface area contributed by atoms with E-state index in [2.05, 4.69) is 10.5 Å². The number of halogens is 2. The van der Waals surface area contributed by atoms with Crippen molar-refractivity contribution in [2.75, 3.05) is 26.7 Å². The van der Waals surface area contributed by atoms with Crippen LogP contribution in [0.4, 0.5) is 0 Å². The average molecular weight is 398 g/mol. The third-order valence-electron chi connectivity index (χ3n) is 4.91. The van der Waals surface area contributed by atoms with Crippen LogP contribution in [0.1, 0.15) is 35.4 Å². The fourth-order valence-corrected chi connectivity index (χ4v) is 3.62. The molecule has 26 heavy (non-hydrogen) atoms. The number of aromatic nitrogens is 1. The van der Waals surface area contributed by atoms with Gasteiger partial charge in [-0.05, 0) is 51.8 Å². The molecule has 1 amide bonds. The first-order chi connectivity index (χ1) is 12.1. The molecule has 1 aliphatic heterocycles. The molecular weight excluding hydrogens is 373 g/mol. The normalized spacial score (nSPS) is 15.0. The molecule has 1 saturated heterocycles. The molecule has 1 aromatic heterocycles. The number of aryl methyl sites for hydroxylation is 1. The van der Waals surface area contributed by atoms with Gasteiger partial charge in [0.2, 0.25) is 0 Å². The summed E-state index contributed by atoms with van der Waals surface area (Å²) in [4.78, 5) is 15.0. The zero-order chi connectivity index (χ0) is 17.8. The van der Waals surface area contributed by atoms with Gasteiger partial charge >= 0.3 is 0 Å². The quantitative estimate of drug-likeness (QED) is 0.821. The largest absolute Gasteiger partial charge is 0.360 e. The predicted molar refractivity (Wildman–Crippen MR) is 106 cm³/mol. The van der Waals surface area contributed by atoms with Gasteiger partial charge in [-0.1, -0.05) is 35.0 Å².